The van der Waals surface area contributed by atoms with Gasteiger partial charge in [-0.2, -0.15) is 0 Å². The zero-order chi connectivity index (χ0) is 6.97. The maximum Gasteiger partial charge on any atom is -0.0179 e. The Morgan fingerprint density at radius 1 is 1.10 bits per heavy atom. The molecule has 2 saturated carbocycles. The first-order valence-corrected chi connectivity index (χ1v) is 4.77. The molecule has 10 heavy (non-hydrogen) atoms. The molecule has 0 aromatic carbocycles. The summed E-state index contributed by atoms with van der Waals surface area (Å²) < 4.78 is 0. The van der Waals surface area contributed by atoms with E-state index < -0.39 is 0 Å². The summed E-state index contributed by atoms with van der Waals surface area (Å²) in [6, 6.07) is 0. The van der Waals surface area contributed by atoms with Crippen molar-refractivity contribution in [3.63, 3.8) is 0 Å². The summed E-state index contributed by atoms with van der Waals surface area (Å²) in [6.45, 7) is 2.31. The third-order valence-corrected chi connectivity index (χ3v) is 2.74. The van der Waals surface area contributed by atoms with Gasteiger partial charge in [-0.25, -0.2) is 0 Å². The average molecular weight is 137 g/mol. The highest BCUT2D eigenvalue weighted by Crippen LogP contribution is 2.52. The number of rotatable bonds is 4. The van der Waals surface area contributed by atoms with Crippen LogP contribution in [0.1, 0.15) is 45.4 Å². The lowest BCUT2D eigenvalue weighted by Gasteiger charge is -2.11. The maximum absolute atomic E-state index is 2.31. The molecule has 0 heterocycles. The fourth-order valence-corrected chi connectivity index (χ4v) is 1.94. The summed E-state index contributed by atoms with van der Waals surface area (Å²) >= 11 is 0. The topological polar surface area (TPSA) is 0 Å². The largest absolute Gasteiger partial charge is 0.0654 e. The van der Waals surface area contributed by atoms with Crippen molar-refractivity contribution >= 4 is 0 Å². The number of hydrogen-bond donors (Lipinski definition) is 0. The van der Waals surface area contributed by atoms with Gasteiger partial charge in [-0.1, -0.05) is 13.3 Å². The fraction of sp³-hybridized carbons (Fsp3) is 0.900. The van der Waals surface area contributed by atoms with Crippen molar-refractivity contribution in [3.05, 3.63) is 5.92 Å². The molecule has 0 aliphatic heterocycles. The van der Waals surface area contributed by atoms with Crippen molar-refractivity contribution in [3.8, 4) is 0 Å². The summed E-state index contributed by atoms with van der Waals surface area (Å²) in [7, 11) is 0. The average Bonchev–Trinajstić information content (AvgIpc) is 2.77. The lowest BCUT2D eigenvalue weighted by Crippen LogP contribution is -2.01. The van der Waals surface area contributed by atoms with Crippen LogP contribution >= 0.6 is 0 Å². The minimum Gasteiger partial charge on any atom is -0.0654 e. The number of hydrogen-bond acceptors (Lipinski definition) is 0. The van der Waals surface area contributed by atoms with E-state index in [2.05, 4.69) is 6.92 Å². The summed E-state index contributed by atoms with van der Waals surface area (Å²) in [5, 5.41) is 0. The first-order valence-electron chi connectivity index (χ1n) is 4.77. The SMILES string of the molecule is CCC[C](C1CC1)C1CC1. The molecular weight excluding hydrogens is 120 g/mol. The molecule has 0 unspecified atom stereocenters. The van der Waals surface area contributed by atoms with Crippen molar-refractivity contribution in [2.24, 2.45) is 11.8 Å². The second-order valence-electron chi connectivity index (χ2n) is 3.87. The van der Waals surface area contributed by atoms with Gasteiger partial charge >= 0.3 is 0 Å². The lowest BCUT2D eigenvalue weighted by atomic mass is 9.93. The molecule has 2 aliphatic carbocycles. The molecule has 0 aromatic heterocycles. The molecule has 2 fully saturated rings. The van der Waals surface area contributed by atoms with Gasteiger partial charge < -0.3 is 0 Å². The van der Waals surface area contributed by atoms with Crippen LogP contribution < -0.4 is 0 Å². The molecule has 0 heteroatoms. The van der Waals surface area contributed by atoms with E-state index >= 15 is 0 Å². The summed E-state index contributed by atoms with van der Waals surface area (Å²) in [5.41, 5.74) is 0. The zero-order valence-electron chi connectivity index (χ0n) is 6.90. The van der Waals surface area contributed by atoms with Crippen LogP contribution in [0, 0.1) is 17.8 Å². The zero-order valence-corrected chi connectivity index (χ0v) is 6.90. The van der Waals surface area contributed by atoms with Gasteiger partial charge in [0.1, 0.15) is 0 Å². The molecule has 2 rings (SSSR count). The Morgan fingerprint density at radius 2 is 1.60 bits per heavy atom. The highest BCUT2D eigenvalue weighted by atomic mass is 14.5. The third kappa shape index (κ3) is 1.36. The van der Waals surface area contributed by atoms with Crippen LogP contribution in [0.15, 0.2) is 0 Å². The minimum absolute atomic E-state index is 1.09. The minimum atomic E-state index is 1.09. The van der Waals surface area contributed by atoms with Gasteiger partial charge in [0.15, 0.2) is 0 Å². The predicted molar refractivity (Wildman–Crippen MR) is 43.6 cm³/mol. The lowest BCUT2D eigenvalue weighted by molar-refractivity contribution is 0.612. The van der Waals surface area contributed by atoms with E-state index in [9.17, 15) is 0 Å². The third-order valence-electron chi connectivity index (χ3n) is 2.74. The molecule has 1 radical (unpaired) electrons. The molecule has 0 aromatic rings. The Kier molecular flexibility index (Phi) is 1.71. The van der Waals surface area contributed by atoms with Gasteiger partial charge in [0.25, 0.3) is 0 Å². The molecule has 0 N–H and O–H groups in total. The van der Waals surface area contributed by atoms with E-state index in [4.69, 9.17) is 0 Å². The highest BCUT2D eigenvalue weighted by Gasteiger charge is 2.40. The Bertz CT molecular complexity index is 97.2. The molecule has 2 aliphatic rings. The Labute approximate surface area is 64.0 Å². The van der Waals surface area contributed by atoms with Crippen LogP contribution in [0.25, 0.3) is 0 Å². The van der Waals surface area contributed by atoms with E-state index in [0.717, 1.165) is 11.8 Å². The van der Waals surface area contributed by atoms with Gasteiger partial charge in [-0.3, -0.25) is 0 Å². The van der Waals surface area contributed by atoms with E-state index in [1.165, 1.54) is 38.5 Å². The summed E-state index contributed by atoms with van der Waals surface area (Å²) in [5.74, 6) is 4.13. The van der Waals surface area contributed by atoms with Gasteiger partial charge in [-0.05, 0) is 49.9 Å². The second-order valence-corrected chi connectivity index (χ2v) is 3.87. The van der Waals surface area contributed by atoms with E-state index in [-0.39, 0.29) is 0 Å². The van der Waals surface area contributed by atoms with Crippen LogP contribution in [-0.2, 0) is 0 Å². The van der Waals surface area contributed by atoms with Crippen LogP contribution in [0.2, 0.25) is 0 Å². The molecule has 0 nitrogen and oxygen atoms in total. The Morgan fingerprint density at radius 3 is 1.90 bits per heavy atom. The molecular formula is C10H17. The Hall–Kier alpha value is 0. The van der Waals surface area contributed by atoms with Crippen molar-refractivity contribution < 1.29 is 0 Å². The molecule has 0 atom stereocenters. The smallest absolute Gasteiger partial charge is 0.0179 e. The summed E-state index contributed by atoms with van der Waals surface area (Å²) in [4.78, 5) is 0. The molecule has 57 valence electrons. The van der Waals surface area contributed by atoms with E-state index in [1.807, 2.05) is 5.92 Å². The maximum atomic E-state index is 2.31. The van der Waals surface area contributed by atoms with Crippen molar-refractivity contribution in [1.29, 1.82) is 0 Å². The second kappa shape index (κ2) is 2.56. The first-order chi connectivity index (χ1) is 4.92. The van der Waals surface area contributed by atoms with Gasteiger partial charge in [0, 0.05) is 0 Å². The standard InChI is InChI=1S/C10H17/c1-2-3-10(8-4-5-8)9-6-7-9/h8-9H,2-7H2,1H3. The van der Waals surface area contributed by atoms with Crippen LogP contribution in [0.4, 0.5) is 0 Å². The first kappa shape index (κ1) is 6.69. The van der Waals surface area contributed by atoms with Crippen LogP contribution in [0.3, 0.4) is 0 Å². The predicted octanol–water partition coefficient (Wildman–Crippen LogP) is 3.18. The van der Waals surface area contributed by atoms with Gasteiger partial charge in [0.2, 0.25) is 0 Å². The summed E-state index contributed by atoms with van der Waals surface area (Å²) in [6.07, 6.45) is 8.90. The van der Waals surface area contributed by atoms with Crippen molar-refractivity contribution in [2.45, 2.75) is 45.4 Å². The quantitative estimate of drug-likeness (QED) is 0.558. The Balaban J connectivity index is 1.80. The fourth-order valence-electron chi connectivity index (χ4n) is 1.94. The highest BCUT2D eigenvalue weighted by molar-refractivity contribution is 5.11. The monoisotopic (exact) mass is 137 g/mol. The van der Waals surface area contributed by atoms with Gasteiger partial charge in [-0.15, -0.1) is 0 Å². The van der Waals surface area contributed by atoms with Gasteiger partial charge in [0.05, 0.1) is 0 Å². The molecule has 0 bridgehead atoms. The van der Waals surface area contributed by atoms with Crippen molar-refractivity contribution in [2.75, 3.05) is 0 Å². The van der Waals surface area contributed by atoms with Crippen LogP contribution in [-0.4, -0.2) is 0 Å². The normalized spacial score (nSPS) is 25.8. The van der Waals surface area contributed by atoms with Crippen molar-refractivity contribution in [1.82, 2.24) is 0 Å². The van der Waals surface area contributed by atoms with E-state index in [1.54, 1.807) is 0 Å². The molecule has 0 spiro atoms. The molecule has 0 amide bonds. The van der Waals surface area contributed by atoms with Crippen LogP contribution in [0.5, 0.6) is 0 Å². The van der Waals surface area contributed by atoms with E-state index in [0.29, 0.717) is 0 Å². The molecule has 0 saturated heterocycles.